The monoisotopic (exact) mass is 428 g/mol. The predicted octanol–water partition coefficient (Wildman–Crippen LogP) is 4.46. The van der Waals surface area contributed by atoms with E-state index in [1.165, 1.54) is 0 Å². The Morgan fingerprint density at radius 3 is 1.00 bits per heavy atom. The first-order chi connectivity index (χ1) is 11.0. The molecule has 0 heterocycles. The van der Waals surface area contributed by atoms with Gasteiger partial charge in [-0.05, 0) is 45.2 Å². The molecule has 0 unspecified atom stereocenters. The maximum absolute atomic E-state index is 6.70. The summed E-state index contributed by atoms with van der Waals surface area (Å²) in [6, 6.07) is 0. The van der Waals surface area contributed by atoms with Gasteiger partial charge in [-0.15, -0.1) is 0 Å². The summed E-state index contributed by atoms with van der Waals surface area (Å²) < 4.78 is 37.2. The molecule has 0 fully saturated rings. The van der Waals surface area contributed by atoms with Crippen LogP contribution in [-0.2, 0) is 25.6 Å². The van der Waals surface area contributed by atoms with Crippen LogP contribution in [0.5, 0.6) is 0 Å². The average molecular weight is 429 g/mol. The smallest absolute Gasteiger partial charge is 0.398 e. The Morgan fingerprint density at radius 2 is 0.840 bits per heavy atom. The van der Waals surface area contributed by atoms with Crippen LogP contribution in [0.3, 0.4) is 0 Å². The fourth-order valence-electron chi connectivity index (χ4n) is 1.91. The van der Waals surface area contributed by atoms with Crippen LogP contribution < -0.4 is 0 Å². The molecule has 0 rings (SSSR count). The van der Waals surface area contributed by atoms with Crippen molar-refractivity contribution < 1.29 is 25.6 Å². The molecule has 0 aromatic carbocycles. The summed E-state index contributed by atoms with van der Waals surface area (Å²) in [5.74, 6) is 0.282. The van der Waals surface area contributed by atoms with E-state index in [-0.39, 0.29) is 11.0 Å². The third-order valence-electron chi connectivity index (χ3n) is 4.85. The fraction of sp³-hybridized carbons (Fsp3) is 1.00. The summed E-state index contributed by atoms with van der Waals surface area (Å²) in [7, 11) is -5.53. The molecule has 6 nitrogen and oxygen atoms in total. The quantitative estimate of drug-likeness (QED) is 0.453. The van der Waals surface area contributed by atoms with E-state index in [0.717, 1.165) is 0 Å². The van der Waals surface area contributed by atoms with Crippen molar-refractivity contribution in [2.75, 3.05) is 21.3 Å². The molecule has 152 valence electrons. The molecule has 25 heavy (non-hydrogen) atoms. The Balaban J connectivity index is 6.40. The fourth-order valence-corrected chi connectivity index (χ4v) is 16.2. The van der Waals surface area contributed by atoms with E-state index in [2.05, 4.69) is 27.7 Å². The molecule has 0 spiro atoms. The first-order valence-electron chi connectivity index (χ1n) is 8.76. The normalized spacial score (nSPS) is 15.1. The maximum Gasteiger partial charge on any atom is 0.480 e. The van der Waals surface area contributed by atoms with Gasteiger partial charge in [0.25, 0.3) is 0 Å². The van der Waals surface area contributed by atoms with Crippen LogP contribution in [0.15, 0.2) is 0 Å². The molecule has 0 saturated carbocycles. The largest absolute Gasteiger partial charge is 0.480 e. The van der Waals surface area contributed by atoms with Crippen molar-refractivity contribution in [2.45, 2.75) is 72.0 Å². The van der Waals surface area contributed by atoms with Gasteiger partial charge in [0.2, 0.25) is 0 Å². The highest BCUT2D eigenvalue weighted by molar-refractivity contribution is 6.88. The van der Waals surface area contributed by atoms with Crippen LogP contribution >= 0.6 is 0 Å². The second-order valence-corrected chi connectivity index (χ2v) is 23.0. The van der Waals surface area contributed by atoms with Crippen LogP contribution in [0.1, 0.15) is 27.7 Å². The van der Waals surface area contributed by atoms with Crippen LogP contribution in [0.25, 0.3) is 0 Å². The first kappa shape index (κ1) is 25.6. The highest BCUT2D eigenvalue weighted by Crippen LogP contribution is 2.49. The van der Waals surface area contributed by atoms with Gasteiger partial charge < -0.3 is 25.6 Å². The molecule has 0 aromatic heterocycles. The van der Waals surface area contributed by atoms with Crippen LogP contribution in [-0.4, -0.2) is 55.8 Å². The van der Waals surface area contributed by atoms with Crippen molar-refractivity contribution in [3.8, 4) is 0 Å². The van der Waals surface area contributed by atoms with Gasteiger partial charge in [0.05, 0.1) is 0 Å². The van der Waals surface area contributed by atoms with Crippen molar-refractivity contribution in [3.05, 3.63) is 0 Å². The van der Waals surface area contributed by atoms with Crippen molar-refractivity contribution in [2.24, 2.45) is 5.92 Å². The van der Waals surface area contributed by atoms with Gasteiger partial charge in [0, 0.05) is 26.4 Å². The van der Waals surface area contributed by atoms with Crippen molar-refractivity contribution in [1.29, 1.82) is 0 Å². The lowest BCUT2D eigenvalue weighted by molar-refractivity contribution is 0.127. The van der Waals surface area contributed by atoms with E-state index in [0.29, 0.717) is 0 Å². The Labute approximate surface area is 159 Å². The number of rotatable bonds is 11. The molecule has 0 radical (unpaired) electrons. The third kappa shape index (κ3) is 6.94. The van der Waals surface area contributed by atoms with Gasteiger partial charge in [-0.25, -0.2) is 0 Å². The Hall–Kier alpha value is 0.628. The maximum atomic E-state index is 6.70. The molecular formula is C15H40O6Si4. The van der Waals surface area contributed by atoms with Gasteiger partial charge in [-0.3, -0.25) is 0 Å². The van der Waals surface area contributed by atoms with E-state index in [4.69, 9.17) is 25.6 Å². The van der Waals surface area contributed by atoms with E-state index in [1.807, 2.05) is 39.3 Å². The molecule has 0 bridgehead atoms. The summed E-state index contributed by atoms with van der Waals surface area (Å²) >= 11 is 0. The lowest BCUT2D eigenvalue weighted by Gasteiger charge is -2.51. The molecule has 0 saturated heterocycles. The van der Waals surface area contributed by atoms with Crippen molar-refractivity contribution in [3.63, 3.8) is 0 Å². The summed E-state index contributed by atoms with van der Waals surface area (Å²) in [5, 5.41) is -0.332. The average Bonchev–Trinajstić information content (AvgIpc) is 2.45. The summed E-state index contributed by atoms with van der Waals surface area (Å²) in [6.45, 7) is 20.7. The van der Waals surface area contributed by atoms with E-state index in [1.54, 1.807) is 21.3 Å². The highest BCUT2D eigenvalue weighted by Gasteiger charge is 2.64. The van der Waals surface area contributed by atoms with Crippen molar-refractivity contribution >= 4 is 34.5 Å². The van der Waals surface area contributed by atoms with Gasteiger partial charge in [-0.1, -0.05) is 27.7 Å². The zero-order valence-corrected chi connectivity index (χ0v) is 22.5. The minimum atomic E-state index is -3.25. The molecule has 0 aliphatic carbocycles. The van der Waals surface area contributed by atoms with E-state index >= 15 is 0 Å². The Kier molecular flexibility index (Phi) is 8.97. The summed E-state index contributed by atoms with van der Waals surface area (Å²) in [4.78, 5) is 0. The lowest BCUT2D eigenvalue weighted by atomic mass is 9.99. The Morgan fingerprint density at radius 1 is 0.600 bits per heavy atom. The molecule has 10 heteroatoms. The molecule has 0 aliphatic heterocycles. The predicted molar refractivity (Wildman–Crippen MR) is 111 cm³/mol. The lowest BCUT2D eigenvalue weighted by Crippen LogP contribution is -2.68. The van der Waals surface area contributed by atoms with Crippen LogP contribution in [0.2, 0.25) is 44.3 Å². The standard InChI is InChI=1S/C15H40O6Si4/c1-14(2)15(3,4)25(19-22(8,9)16-5,20-23(10,11)17-6)21-24(12,13)18-7/h14H,1-13H3. The molecule has 0 atom stereocenters. The topological polar surface area (TPSA) is 55.4 Å². The minimum absolute atomic E-state index is 0.282. The van der Waals surface area contributed by atoms with Gasteiger partial charge in [0.15, 0.2) is 0 Å². The summed E-state index contributed by atoms with van der Waals surface area (Å²) in [5.41, 5.74) is 0. The van der Waals surface area contributed by atoms with Crippen molar-refractivity contribution in [1.82, 2.24) is 0 Å². The zero-order valence-electron chi connectivity index (χ0n) is 18.5. The Bertz CT molecular complexity index is 381. The van der Waals surface area contributed by atoms with Gasteiger partial charge in [-0.2, -0.15) is 0 Å². The summed E-state index contributed by atoms with van der Waals surface area (Å²) in [6.07, 6.45) is 0. The second-order valence-electron chi connectivity index (χ2n) is 8.55. The third-order valence-corrected chi connectivity index (χ3v) is 19.1. The van der Waals surface area contributed by atoms with Crippen LogP contribution in [0.4, 0.5) is 0 Å². The van der Waals surface area contributed by atoms with Gasteiger partial charge >= 0.3 is 34.5 Å². The molecular weight excluding hydrogens is 389 g/mol. The zero-order chi connectivity index (χ0) is 20.3. The molecule has 0 amide bonds. The van der Waals surface area contributed by atoms with Crippen LogP contribution in [0, 0.1) is 5.92 Å². The first-order valence-corrected chi connectivity index (χ1v) is 18.9. The van der Waals surface area contributed by atoms with E-state index in [9.17, 15) is 0 Å². The molecule has 0 aliphatic rings. The molecule has 0 aromatic rings. The second kappa shape index (κ2) is 8.76. The minimum Gasteiger partial charge on any atom is -0.398 e. The SMILES string of the molecule is CO[Si](C)(C)O[Si](O[Si](C)(C)OC)(O[Si](C)(C)OC)C(C)(C)C(C)C. The van der Waals surface area contributed by atoms with E-state index < -0.39 is 34.5 Å². The number of hydrogen-bond acceptors (Lipinski definition) is 6. The van der Waals surface area contributed by atoms with Gasteiger partial charge in [0.1, 0.15) is 0 Å². The number of hydrogen-bond donors (Lipinski definition) is 0. The highest BCUT2D eigenvalue weighted by atomic mass is 28.5. The molecule has 0 N–H and O–H groups in total.